The first kappa shape index (κ1) is 23.1. The number of nitrogens with zero attached hydrogens (tertiary/aromatic N) is 4. The fourth-order valence-corrected chi connectivity index (χ4v) is 3.59. The van der Waals surface area contributed by atoms with Crippen LogP contribution in [-0.2, 0) is 11.3 Å². The van der Waals surface area contributed by atoms with Gasteiger partial charge in [0.2, 0.25) is 11.7 Å². The van der Waals surface area contributed by atoms with Gasteiger partial charge in [0.25, 0.3) is 5.56 Å². The molecular weight excluding hydrogens is 417 g/mol. The van der Waals surface area contributed by atoms with E-state index >= 15 is 0 Å². The number of alkyl carbamates (subject to hydrolysis) is 1. The number of carbonyl (C=O) groups excluding carboxylic acids is 1. The lowest BCUT2D eigenvalue weighted by atomic mass is 10.1. The number of nitriles is 1. The highest BCUT2D eigenvalue weighted by Crippen LogP contribution is 2.21. The molecule has 32 heavy (non-hydrogen) atoms. The molecule has 0 spiro atoms. The van der Waals surface area contributed by atoms with Crippen LogP contribution in [0.25, 0.3) is 0 Å². The lowest BCUT2D eigenvalue weighted by molar-refractivity contribution is 0.0499. The van der Waals surface area contributed by atoms with Crippen molar-refractivity contribution in [1.82, 2.24) is 14.9 Å². The number of anilines is 1. The Morgan fingerprint density at radius 1 is 1.44 bits per heavy atom. The fraction of sp³-hybridized carbons (Fsp3) is 0.455. The van der Waals surface area contributed by atoms with E-state index < -0.39 is 28.8 Å². The molecule has 1 atom stereocenters. The van der Waals surface area contributed by atoms with Crippen LogP contribution in [0, 0.1) is 17.1 Å². The van der Waals surface area contributed by atoms with Crippen LogP contribution in [0.1, 0.15) is 44.7 Å². The molecule has 0 radical (unpaired) electrons. The minimum atomic E-state index is -0.703. The van der Waals surface area contributed by atoms with Gasteiger partial charge >= 0.3 is 6.09 Å². The number of piperidine rings is 1. The third kappa shape index (κ3) is 5.55. The molecule has 10 heteroatoms. The summed E-state index contributed by atoms with van der Waals surface area (Å²) >= 11 is 0. The van der Waals surface area contributed by atoms with Crippen LogP contribution in [0.2, 0.25) is 0 Å². The Balaban J connectivity index is 1.88. The van der Waals surface area contributed by atoms with Crippen molar-refractivity contribution in [2.45, 2.75) is 51.8 Å². The number of aromatic nitrogens is 2. The molecular formula is C22H26FN5O4. The Morgan fingerprint density at radius 2 is 2.19 bits per heavy atom. The first-order valence-electron chi connectivity index (χ1n) is 10.3. The number of amides is 1. The molecule has 1 aliphatic rings. The number of benzene rings is 1. The summed E-state index contributed by atoms with van der Waals surface area (Å²) in [5, 5.41) is 22.1. The maximum atomic E-state index is 13.8. The number of carbonyl (C=O) groups is 1. The van der Waals surface area contributed by atoms with Crippen molar-refractivity contribution in [1.29, 1.82) is 5.26 Å². The summed E-state index contributed by atoms with van der Waals surface area (Å²) in [6.45, 7) is 6.13. The first-order valence-corrected chi connectivity index (χ1v) is 10.3. The molecule has 0 unspecified atom stereocenters. The minimum Gasteiger partial charge on any atom is -0.502 e. The van der Waals surface area contributed by atoms with Crippen LogP contribution in [0.5, 0.6) is 5.75 Å². The standard InChI is InChI=1S/C22H26FN5O4/c1-22(2,3)32-21(31)26-17-5-4-8-27(13-17)20-25-11-18(29)19(30)28(20)12-15-9-16(23)7-6-14(15)10-24/h6-7,9,11,17,29H,4-5,8,12-13H2,1-3H3,(H,26,31)/t17-/m1/s1. The molecule has 2 aromatic rings. The van der Waals surface area contributed by atoms with Crippen molar-refractivity contribution in [3.8, 4) is 11.8 Å². The van der Waals surface area contributed by atoms with Crippen LogP contribution < -0.4 is 15.8 Å². The zero-order chi connectivity index (χ0) is 23.5. The second-order valence-corrected chi connectivity index (χ2v) is 8.68. The van der Waals surface area contributed by atoms with Gasteiger partial charge in [-0.1, -0.05) is 0 Å². The zero-order valence-corrected chi connectivity index (χ0v) is 18.3. The number of nitrogens with one attached hydrogen (secondary N) is 1. The van der Waals surface area contributed by atoms with Gasteiger partial charge in [-0.2, -0.15) is 5.26 Å². The molecule has 3 rings (SSSR count). The summed E-state index contributed by atoms with van der Waals surface area (Å²) in [4.78, 5) is 30.9. The molecule has 1 aromatic heterocycles. The summed E-state index contributed by atoms with van der Waals surface area (Å²) in [5.41, 5.74) is -0.814. The summed E-state index contributed by atoms with van der Waals surface area (Å²) in [5.74, 6) is -0.831. The molecule has 2 N–H and O–H groups in total. The monoisotopic (exact) mass is 443 g/mol. The second kappa shape index (κ2) is 9.26. The van der Waals surface area contributed by atoms with Gasteiger partial charge in [-0.3, -0.25) is 9.36 Å². The minimum absolute atomic E-state index is 0.142. The van der Waals surface area contributed by atoms with Gasteiger partial charge < -0.3 is 20.1 Å². The smallest absolute Gasteiger partial charge is 0.407 e. The largest absolute Gasteiger partial charge is 0.502 e. The third-order valence-corrected chi connectivity index (χ3v) is 4.95. The Hall–Kier alpha value is -3.61. The van der Waals surface area contributed by atoms with E-state index in [9.17, 15) is 24.3 Å². The topological polar surface area (TPSA) is 120 Å². The van der Waals surface area contributed by atoms with Crippen molar-refractivity contribution in [2.75, 3.05) is 18.0 Å². The molecule has 0 bridgehead atoms. The van der Waals surface area contributed by atoms with Gasteiger partial charge in [-0.25, -0.2) is 14.2 Å². The number of rotatable bonds is 4. The van der Waals surface area contributed by atoms with Gasteiger partial charge in [0, 0.05) is 19.1 Å². The van der Waals surface area contributed by atoms with Crippen molar-refractivity contribution in [3.05, 3.63) is 51.7 Å². The van der Waals surface area contributed by atoms with E-state index in [4.69, 9.17) is 4.74 Å². The normalized spacial score (nSPS) is 16.3. The van der Waals surface area contributed by atoms with E-state index in [0.29, 0.717) is 18.7 Å². The molecule has 1 aliphatic heterocycles. The van der Waals surface area contributed by atoms with Gasteiger partial charge in [0.05, 0.1) is 24.4 Å². The van der Waals surface area contributed by atoms with Crippen LogP contribution >= 0.6 is 0 Å². The predicted octanol–water partition coefficient (Wildman–Crippen LogP) is 2.50. The predicted molar refractivity (Wildman–Crippen MR) is 115 cm³/mol. The highest BCUT2D eigenvalue weighted by Gasteiger charge is 2.27. The van der Waals surface area contributed by atoms with Crippen molar-refractivity contribution >= 4 is 12.0 Å². The van der Waals surface area contributed by atoms with E-state index in [1.807, 2.05) is 11.0 Å². The average molecular weight is 443 g/mol. The maximum absolute atomic E-state index is 13.8. The molecule has 170 valence electrons. The average Bonchev–Trinajstić information content (AvgIpc) is 2.70. The molecule has 0 saturated carbocycles. The van der Waals surface area contributed by atoms with E-state index in [0.717, 1.165) is 19.0 Å². The Bertz CT molecular complexity index is 1100. The summed E-state index contributed by atoms with van der Waals surface area (Å²) in [6, 6.07) is 5.44. The first-order chi connectivity index (χ1) is 15.1. The van der Waals surface area contributed by atoms with E-state index in [1.54, 1.807) is 20.8 Å². The number of halogens is 1. The van der Waals surface area contributed by atoms with E-state index in [2.05, 4.69) is 10.3 Å². The van der Waals surface area contributed by atoms with Gasteiger partial charge in [0.1, 0.15) is 11.4 Å². The van der Waals surface area contributed by atoms with Crippen molar-refractivity contribution in [2.24, 2.45) is 0 Å². The second-order valence-electron chi connectivity index (χ2n) is 8.68. The third-order valence-electron chi connectivity index (χ3n) is 4.95. The summed E-state index contributed by atoms with van der Waals surface area (Å²) in [6.07, 6.45) is 1.98. The molecule has 1 saturated heterocycles. The molecule has 1 aromatic carbocycles. The van der Waals surface area contributed by atoms with Crippen molar-refractivity contribution in [3.63, 3.8) is 0 Å². The van der Waals surface area contributed by atoms with E-state index in [-0.39, 0.29) is 24.1 Å². The number of hydrogen-bond acceptors (Lipinski definition) is 7. The quantitative estimate of drug-likeness (QED) is 0.745. The molecule has 2 heterocycles. The highest BCUT2D eigenvalue weighted by molar-refractivity contribution is 5.68. The van der Waals surface area contributed by atoms with Crippen molar-refractivity contribution < 1.29 is 19.0 Å². The number of aromatic hydroxyl groups is 1. The fourth-order valence-electron chi connectivity index (χ4n) is 3.59. The zero-order valence-electron chi connectivity index (χ0n) is 18.3. The summed E-state index contributed by atoms with van der Waals surface area (Å²) < 4.78 is 20.3. The Labute approximate surface area is 185 Å². The van der Waals surface area contributed by atoms with Crippen LogP contribution in [0.4, 0.5) is 15.1 Å². The Morgan fingerprint density at radius 3 is 2.88 bits per heavy atom. The summed E-state index contributed by atoms with van der Waals surface area (Å²) in [7, 11) is 0. The molecule has 9 nitrogen and oxygen atoms in total. The molecule has 0 aliphatic carbocycles. The van der Waals surface area contributed by atoms with Gasteiger partial charge in [-0.15, -0.1) is 0 Å². The van der Waals surface area contributed by atoms with Crippen LogP contribution in [0.15, 0.2) is 29.2 Å². The van der Waals surface area contributed by atoms with Crippen LogP contribution in [-0.4, -0.2) is 45.5 Å². The Kier molecular flexibility index (Phi) is 6.67. The highest BCUT2D eigenvalue weighted by atomic mass is 19.1. The van der Waals surface area contributed by atoms with Gasteiger partial charge in [-0.05, 0) is 57.4 Å². The molecule has 1 amide bonds. The van der Waals surface area contributed by atoms with E-state index in [1.165, 1.54) is 22.8 Å². The lowest BCUT2D eigenvalue weighted by Gasteiger charge is -2.35. The lowest BCUT2D eigenvalue weighted by Crippen LogP contribution is -2.50. The number of ether oxygens (including phenoxy) is 1. The maximum Gasteiger partial charge on any atom is 0.407 e. The SMILES string of the molecule is CC(C)(C)OC(=O)N[C@@H]1CCCN(c2ncc(O)c(=O)n2Cc2cc(F)ccc2C#N)C1. The molecule has 1 fully saturated rings. The van der Waals surface area contributed by atoms with Crippen LogP contribution in [0.3, 0.4) is 0 Å². The van der Waals surface area contributed by atoms with Gasteiger partial charge in [0.15, 0.2) is 0 Å². The number of hydrogen-bond donors (Lipinski definition) is 2.